The van der Waals surface area contributed by atoms with Crippen molar-refractivity contribution in [3.05, 3.63) is 35.6 Å². The fourth-order valence-electron chi connectivity index (χ4n) is 1.71. The Labute approximate surface area is 101 Å². The highest BCUT2D eigenvalue weighted by Gasteiger charge is 2.15. The molecule has 1 unspecified atom stereocenters. The molecule has 0 aliphatic rings. The molecule has 0 saturated heterocycles. The summed E-state index contributed by atoms with van der Waals surface area (Å²) in [5.41, 5.74) is 1.02. The zero-order chi connectivity index (χ0) is 12.8. The van der Waals surface area contributed by atoms with Gasteiger partial charge in [0, 0.05) is 13.1 Å². The lowest BCUT2D eigenvalue weighted by atomic mass is 10.1. The van der Waals surface area contributed by atoms with Gasteiger partial charge in [-0.05, 0) is 24.7 Å². The molecule has 3 nitrogen and oxygen atoms in total. The summed E-state index contributed by atoms with van der Waals surface area (Å²) in [5, 5.41) is 0. The first-order valence-electron chi connectivity index (χ1n) is 5.53. The van der Waals surface area contributed by atoms with E-state index in [9.17, 15) is 9.18 Å². The van der Waals surface area contributed by atoms with Crippen molar-refractivity contribution >= 4 is 5.97 Å². The Hall–Kier alpha value is -1.42. The number of esters is 1. The number of carbonyl (C=O) groups is 1. The molecule has 1 atom stereocenters. The lowest BCUT2D eigenvalue weighted by molar-refractivity contribution is -0.145. The average Bonchev–Trinajstić information content (AvgIpc) is 2.30. The second-order valence-corrected chi connectivity index (χ2v) is 4.25. The molecular weight excluding hydrogens is 221 g/mol. The molecule has 0 aliphatic heterocycles. The Morgan fingerprint density at radius 3 is 2.53 bits per heavy atom. The van der Waals surface area contributed by atoms with Crippen molar-refractivity contribution in [1.29, 1.82) is 0 Å². The standard InChI is InChI=1S/C13H18FNO2/c1-10(13(16)17-3)8-15(2)9-11-4-6-12(14)7-5-11/h4-7,10H,8-9H2,1-3H3. The van der Waals surface area contributed by atoms with E-state index in [0.29, 0.717) is 13.1 Å². The van der Waals surface area contributed by atoms with Gasteiger partial charge in [0.25, 0.3) is 0 Å². The molecule has 1 aromatic carbocycles. The summed E-state index contributed by atoms with van der Waals surface area (Å²) in [5.74, 6) is -0.610. The van der Waals surface area contributed by atoms with Gasteiger partial charge in [0.15, 0.2) is 0 Å². The van der Waals surface area contributed by atoms with Crippen molar-refractivity contribution in [3.63, 3.8) is 0 Å². The van der Waals surface area contributed by atoms with Gasteiger partial charge >= 0.3 is 5.97 Å². The maximum Gasteiger partial charge on any atom is 0.309 e. The van der Waals surface area contributed by atoms with Crippen LogP contribution in [-0.4, -0.2) is 31.6 Å². The summed E-state index contributed by atoms with van der Waals surface area (Å²) in [6.07, 6.45) is 0. The summed E-state index contributed by atoms with van der Waals surface area (Å²) in [6, 6.07) is 6.36. The molecular formula is C13H18FNO2. The van der Waals surface area contributed by atoms with Crippen LogP contribution in [0.25, 0.3) is 0 Å². The summed E-state index contributed by atoms with van der Waals surface area (Å²) >= 11 is 0. The van der Waals surface area contributed by atoms with Gasteiger partial charge in [0.2, 0.25) is 0 Å². The largest absolute Gasteiger partial charge is 0.469 e. The van der Waals surface area contributed by atoms with Crippen LogP contribution in [-0.2, 0) is 16.1 Å². The average molecular weight is 239 g/mol. The molecule has 0 saturated carbocycles. The Morgan fingerprint density at radius 2 is 2.00 bits per heavy atom. The predicted octanol–water partition coefficient (Wildman–Crippen LogP) is 2.07. The molecule has 0 N–H and O–H groups in total. The summed E-state index contributed by atoms with van der Waals surface area (Å²) < 4.78 is 17.4. The van der Waals surface area contributed by atoms with Gasteiger partial charge in [-0.25, -0.2) is 4.39 Å². The maximum atomic E-state index is 12.7. The Bertz CT molecular complexity index is 364. The maximum absolute atomic E-state index is 12.7. The lowest BCUT2D eigenvalue weighted by Crippen LogP contribution is -2.29. The Kier molecular flexibility index (Phi) is 5.10. The minimum atomic E-state index is -0.237. The van der Waals surface area contributed by atoms with E-state index in [1.165, 1.54) is 19.2 Å². The molecule has 4 heteroatoms. The van der Waals surface area contributed by atoms with Crippen LogP contribution in [0.2, 0.25) is 0 Å². The minimum absolute atomic E-state index is 0.162. The van der Waals surface area contributed by atoms with Gasteiger partial charge < -0.3 is 9.64 Å². The molecule has 0 amide bonds. The molecule has 0 radical (unpaired) electrons. The molecule has 0 fully saturated rings. The zero-order valence-electron chi connectivity index (χ0n) is 10.4. The van der Waals surface area contributed by atoms with E-state index in [0.717, 1.165) is 5.56 Å². The summed E-state index contributed by atoms with van der Waals surface area (Å²) in [7, 11) is 3.31. The molecule has 0 aromatic heterocycles. The van der Waals surface area contributed by atoms with E-state index in [1.807, 2.05) is 18.9 Å². The van der Waals surface area contributed by atoms with Crippen molar-refractivity contribution in [2.45, 2.75) is 13.5 Å². The van der Waals surface area contributed by atoms with Crippen LogP contribution >= 0.6 is 0 Å². The second-order valence-electron chi connectivity index (χ2n) is 4.25. The first kappa shape index (κ1) is 13.6. The van der Waals surface area contributed by atoms with Crippen molar-refractivity contribution in [1.82, 2.24) is 4.90 Å². The van der Waals surface area contributed by atoms with E-state index in [2.05, 4.69) is 4.74 Å². The number of ether oxygens (including phenoxy) is 1. The van der Waals surface area contributed by atoms with E-state index < -0.39 is 0 Å². The first-order chi connectivity index (χ1) is 8.02. The smallest absolute Gasteiger partial charge is 0.309 e. The van der Waals surface area contributed by atoms with Crippen LogP contribution in [0.15, 0.2) is 24.3 Å². The summed E-state index contributed by atoms with van der Waals surface area (Å²) in [6.45, 7) is 3.12. The van der Waals surface area contributed by atoms with Crippen molar-refractivity contribution in [2.75, 3.05) is 20.7 Å². The van der Waals surface area contributed by atoms with Gasteiger partial charge in [0.1, 0.15) is 5.82 Å². The van der Waals surface area contributed by atoms with Crippen LogP contribution in [0.1, 0.15) is 12.5 Å². The topological polar surface area (TPSA) is 29.5 Å². The molecule has 17 heavy (non-hydrogen) atoms. The zero-order valence-corrected chi connectivity index (χ0v) is 10.4. The second kappa shape index (κ2) is 6.35. The molecule has 1 rings (SSSR count). The monoisotopic (exact) mass is 239 g/mol. The SMILES string of the molecule is COC(=O)C(C)CN(C)Cc1ccc(F)cc1. The highest BCUT2D eigenvalue weighted by atomic mass is 19.1. The molecule has 1 aromatic rings. The van der Waals surface area contributed by atoms with Crippen molar-refractivity contribution in [3.8, 4) is 0 Å². The van der Waals surface area contributed by atoms with Gasteiger partial charge in [-0.15, -0.1) is 0 Å². The van der Waals surface area contributed by atoms with Gasteiger partial charge in [-0.1, -0.05) is 19.1 Å². The number of rotatable bonds is 5. The lowest BCUT2D eigenvalue weighted by Gasteiger charge is -2.19. The molecule has 0 spiro atoms. The van der Waals surface area contributed by atoms with Crippen LogP contribution in [0.3, 0.4) is 0 Å². The third-order valence-corrected chi connectivity index (χ3v) is 2.55. The number of carbonyl (C=O) groups excluding carboxylic acids is 1. The van der Waals surface area contributed by atoms with E-state index >= 15 is 0 Å². The van der Waals surface area contributed by atoms with Crippen LogP contribution < -0.4 is 0 Å². The minimum Gasteiger partial charge on any atom is -0.469 e. The molecule has 0 aliphatic carbocycles. The third-order valence-electron chi connectivity index (χ3n) is 2.55. The predicted molar refractivity (Wildman–Crippen MR) is 63.9 cm³/mol. The number of methoxy groups -OCH3 is 1. The number of hydrogen-bond acceptors (Lipinski definition) is 3. The van der Waals surface area contributed by atoms with Crippen LogP contribution in [0, 0.1) is 11.7 Å². The molecule has 0 heterocycles. The first-order valence-corrected chi connectivity index (χ1v) is 5.53. The fourth-order valence-corrected chi connectivity index (χ4v) is 1.71. The van der Waals surface area contributed by atoms with E-state index in [-0.39, 0.29) is 17.7 Å². The molecule has 94 valence electrons. The number of nitrogens with zero attached hydrogens (tertiary/aromatic N) is 1. The normalized spacial score (nSPS) is 12.5. The Morgan fingerprint density at radius 1 is 1.41 bits per heavy atom. The number of benzene rings is 1. The Balaban J connectivity index is 2.46. The highest BCUT2D eigenvalue weighted by Crippen LogP contribution is 2.08. The fraction of sp³-hybridized carbons (Fsp3) is 0.462. The quantitative estimate of drug-likeness (QED) is 0.737. The van der Waals surface area contributed by atoms with Crippen LogP contribution in [0.4, 0.5) is 4.39 Å². The van der Waals surface area contributed by atoms with Gasteiger partial charge in [-0.2, -0.15) is 0 Å². The van der Waals surface area contributed by atoms with Gasteiger partial charge in [0.05, 0.1) is 13.0 Å². The highest BCUT2D eigenvalue weighted by molar-refractivity contribution is 5.72. The van der Waals surface area contributed by atoms with Crippen LogP contribution in [0.5, 0.6) is 0 Å². The van der Waals surface area contributed by atoms with E-state index in [1.54, 1.807) is 12.1 Å². The van der Waals surface area contributed by atoms with E-state index in [4.69, 9.17) is 0 Å². The molecule has 0 bridgehead atoms. The number of hydrogen-bond donors (Lipinski definition) is 0. The summed E-state index contributed by atoms with van der Waals surface area (Å²) in [4.78, 5) is 13.3. The van der Waals surface area contributed by atoms with Gasteiger partial charge in [-0.3, -0.25) is 4.79 Å². The van der Waals surface area contributed by atoms with Crippen molar-refractivity contribution in [2.24, 2.45) is 5.92 Å². The third kappa shape index (κ3) is 4.53. The number of halogens is 1. The van der Waals surface area contributed by atoms with Crippen molar-refractivity contribution < 1.29 is 13.9 Å².